The van der Waals surface area contributed by atoms with Gasteiger partial charge in [0.25, 0.3) is 0 Å². The number of carbonyl (C=O) groups is 2. The van der Waals surface area contributed by atoms with Crippen LogP contribution in [0.4, 0.5) is 0 Å². The largest absolute Gasteiger partial charge is 0.481 e. The van der Waals surface area contributed by atoms with Crippen LogP contribution in [0.3, 0.4) is 0 Å². The fourth-order valence-electron chi connectivity index (χ4n) is 2.60. The van der Waals surface area contributed by atoms with Gasteiger partial charge in [0.1, 0.15) is 0 Å². The Balaban J connectivity index is 0. The van der Waals surface area contributed by atoms with Crippen LogP contribution in [-0.4, -0.2) is 22.2 Å². The smallest absolute Gasteiger partial charge is 0.306 e. The highest BCUT2D eigenvalue weighted by molar-refractivity contribution is 5.69. The Morgan fingerprint density at radius 1 is 0.773 bits per heavy atom. The van der Waals surface area contributed by atoms with E-state index in [1.807, 2.05) is 6.92 Å². The SMILES string of the molecule is CCCC(CCC)CC(=O)O.CCCCC(CCC)C(=O)O. The molecule has 0 saturated heterocycles. The molecular formula is C18H36O4. The van der Waals surface area contributed by atoms with Crippen molar-refractivity contribution >= 4 is 11.9 Å². The number of carboxylic acid groups (broad SMARTS) is 2. The average molecular weight is 316 g/mol. The molecule has 0 aromatic carbocycles. The first-order chi connectivity index (χ1) is 10.4. The van der Waals surface area contributed by atoms with Crippen LogP contribution in [0.15, 0.2) is 0 Å². The third kappa shape index (κ3) is 15.3. The molecule has 132 valence electrons. The second-order valence-corrected chi connectivity index (χ2v) is 6.01. The minimum absolute atomic E-state index is 0.0973. The first kappa shape index (κ1) is 23.2. The fraction of sp³-hybridized carbons (Fsp3) is 0.889. The zero-order chi connectivity index (χ0) is 17.4. The minimum Gasteiger partial charge on any atom is -0.481 e. The van der Waals surface area contributed by atoms with Crippen LogP contribution >= 0.6 is 0 Å². The quantitative estimate of drug-likeness (QED) is 0.508. The standard InChI is InChI=1S/2C9H18O2/c1-3-5-8(6-4-2)7-9(10)11;1-3-5-7-8(6-4-2)9(10)11/h2*8H,3-7H2,1-2H3,(H,10,11). The molecule has 0 fully saturated rings. The number of rotatable bonds is 12. The summed E-state index contributed by atoms with van der Waals surface area (Å²) in [4.78, 5) is 21.0. The molecule has 4 nitrogen and oxygen atoms in total. The van der Waals surface area contributed by atoms with Crippen molar-refractivity contribution in [3.63, 3.8) is 0 Å². The lowest BCUT2D eigenvalue weighted by molar-refractivity contribution is -0.142. The Morgan fingerprint density at radius 3 is 1.59 bits per heavy atom. The third-order valence-electron chi connectivity index (χ3n) is 3.75. The second-order valence-electron chi connectivity index (χ2n) is 6.01. The van der Waals surface area contributed by atoms with Crippen molar-refractivity contribution in [1.29, 1.82) is 0 Å². The molecule has 1 atom stereocenters. The van der Waals surface area contributed by atoms with Gasteiger partial charge in [-0.2, -0.15) is 0 Å². The van der Waals surface area contributed by atoms with Crippen molar-refractivity contribution in [3.8, 4) is 0 Å². The molecule has 0 saturated carbocycles. The van der Waals surface area contributed by atoms with Crippen LogP contribution < -0.4 is 0 Å². The third-order valence-corrected chi connectivity index (χ3v) is 3.75. The molecule has 0 radical (unpaired) electrons. The minimum atomic E-state index is -0.656. The number of hydrogen-bond donors (Lipinski definition) is 2. The van der Waals surface area contributed by atoms with Crippen molar-refractivity contribution in [2.75, 3.05) is 0 Å². The fourth-order valence-corrected chi connectivity index (χ4v) is 2.60. The predicted octanol–water partition coefficient (Wildman–Crippen LogP) is 5.36. The molecule has 22 heavy (non-hydrogen) atoms. The summed E-state index contributed by atoms with van der Waals surface area (Å²) in [6.07, 6.45) is 9.43. The molecule has 0 aromatic heterocycles. The molecular weight excluding hydrogens is 280 g/mol. The van der Waals surface area contributed by atoms with E-state index < -0.39 is 11.9 Å². The predicted molar refractivity (Wildman–Crippen MR) is 91.1 cm³/mol. The highest BCUT2D eigenvalue weighted by Gasteiger charge is 2.14. The van der Waals surface area contributed by atoms with Gasteiger partial charge in [-0.25, -0.2) is 0 Å². The molecule has 0 aliphatic rings. The molecule has 0 rings (SSSR count). The summed E-state index contributed by atoms with van der Waals surface area (Å²) in [6, 6.07) is 0. The molecule has 0 aromatic rings. The van der Waals surface area contributed by atoms with Crippen LogP contribution in [-0.2, 0) is 9.59 Å². The molecule has 1 unspecified atom stereocenters. The molecule has 4 heteroatoms. The van der Waals surface area contributed by atoms with Gasteiger partial charge in [0, 0.05) is 6.42 Å². The summed E-state index contributed by atoms with van der Waals surface area (Å²) < 4.78 is 0. The zero-order valence-electron chi connectivity index (χ0n) is 14.9. The normalized spacial score (nSPS) is 11.7. The maximum absolute atomic E-state index is 10.6. The van der Waals surface area contributed by atoms with Gasteiger partial charge < -0.3 is 10.2 Å². The Hall–Kier alpha value is -1.06. The van der Waals surface area contributed by atoms with Crippen molar-refractivity contribution in [3.05, 3.63) is 0 Å². The highest BCUT2D eigenvalue weighted by Crippen LogP contribution is 2.17. The van der Waals surface area contributed by atoms with Crippen molar-refractivity contribution in [1.82, 2.24) is 0 Å². The lowest BCUT2D eigenvalue weighted by Crippen LogP contribution is -2.12. The summed E-state index contributed by atoms with van der Waals surface area (Å²) in [5.74, 6) is -0.973. The van der Waals surface area contributed by atoms with Crippen molar-refractivity contribution in [2.24, 2.45) is 11.8 Å². The van der Waals surface area contributed by atoms with Crippen molar-refractivity contribution < 1.29 is 19.8 Å². The van der Waals surface area contributed by atoms with Gasteiger partial charge in [0.2, 0.25) is 0 Å². The van der Waals surface area contributed by atoms with E-state index in [1.165, 1.54) is 0 Å². The van der Waals surface area contributed by atoms with Gasteiger partial charge in [-0.3, -0.25) is 9.59 Å². The summed E-state index contributed by atoms with van der Waals surface area (Å²) in [6.45, 7) is 8.32. The van der Waals surface area contributed by atoms with Crippen LogP contribution in [0.5, 0.6) is 0 Å². The van der Waals surface area contributed by atoms with Crippen LogP contribution in [0, 0.1) is 11.8 Å². The molecule has 0 heterocycles. The molecule has 0 amide bonds. The van der Waals surface area contributed by atoms with Crippen molar-refractivity contribution in [2.45, 2.75) is 91.9 Å². The lowest BCUT2D eigenvalue weighted by atomic mass is 9.95. The molecule has 2 N–H and O–H groups in total. The number of unbranched alkanes of at least 4 members (excludes halogenated alkanes) is 1. The van der Waals surface area contributed by atoms with Gasteiger partial charge >= 0.3 is 11.9 Å². The molecule has 0 aliphatic heterocycles. The Labute approximate surface area is 136 Å². The second kappa shape index (κ2) is 16.3. The van der Waals surface area contributed by atoms with Gasteiger partial charge in [-0.15, -0.1) is 0 Å². The van der Waals surface area contributed by atoms with Gasteiger partial charge in [0.05, 0.1) is 5.92 Å². The summed E-state index contributed by atoms with van der Waals surface area (Å²) >= 11 is 0. The maximum atomic E-state index is 10.6. The first-order valence-corrected chi connectivity index (χ1v) is 8.87. The molecule has 0 spiro atoms. The molecule has 0 bridgehead atoms. The van der Waals surface area contributed by atoms with Gasteiger partial charge in [-0.1, -0.05) is 72.6 Å². The first-order valence-electron chi connectivity index (χ1n) is 8.87. The van der Waals surface area contributed by atoms with E-state index >= 15 is 0 Å². The lowest BCUT2D eigenvalue weighted by Gasteiger charge is -2.11. The Morgan fingerprint density at radius 2 is 1.27 bits per heavy atom. The monoisotopic (exact) mass is 316 g/mol. The van der Waals surface area contributed by atoms with E-state index in [0.29, 0.717) is 12.3 Å². The summed E-state index contributed by atoms with van der Waals surface area (Å²) in [5.41, 5.74) is 0. The van der Waals surface area contributed by atoms with E-state index in [2.05, 4.69) is 20.8 Å². The van der Waals surface area contributed by atoms with Crippen LogP contribution in [0.2, 0.25) is 0 Å². The summed E-state index contributed by atoms with van der Waals surface area (Å²) in [7, 11) is 0. The summed E-state index contributed by atoms with van der Waals surface area (Å²) in [5, 5.41) is 17.3. The van der Waals surface area contributed by atoms with Crippen LogP contribution in [0.25, 0.3) is 0 Å². The maximum Gasteiger partial charge on any atom is 0.306 e. The van der Waals surface area contributed by atoms with Gasteiger partial charge in [-0.05, 0) is 18.8 Å². The average Bonchev–Trinajstić information content (AvgIpc) is 2.44. The Bertz CT molecular complexity index is 270. The number of aliphatic carboxylic acids is 2. The number of carboxylic acids is 2. The van der Waals surface area contributed by atoms with E-state index in [1.54, 1.807) is 0 Å². The Kier molecular flexibility index (Phi) is 17.2. The van der Waals surface area contributed by atoms with E-state index in [0.717, 1.165) is 57.8 Å². The zero-order valence-corrected chi connectivity index (χ0v) is 14.9. The molecule has 0 aliphatic carbocycles. The van der Waals surface area contributed by atoms with E-state index in [9.17, 15) is 9.59 Å². The van der Waals surface area contributed by atoms with E-state index in [-0.39, 0.29) is 5.92 Å². The number of hydrogen-bond acceptors (Lipinski definition) is 2. The highest BCUT2D eigenvalue weighted by atomic mass is 16.4. The van der Waals surface area contributed by atoms with Gasteiger partial charge in [0.15, 0.2) is 0 Å². The van der Waals surface area contributed by atoms with E-state index in [4.69, 9.17) is 10.2 Å². The van der Waals surface area contributed by atoms with Crippen LogP contribution in [0.1, 0.15) is 91.9 Å². The topological polar surface area (TPSA) is 74.6 Å².